The first-order valence-corrected chi connectivity index (χ1v) is 14.1. The number of amides is 2. The minimum atomic E-state index is -0.758. The quantitative estimate of drug-likeness (QED) is 0.538. The Morgan fingerprint density at radius 1 is 1.18 bits per heavy atom. The number of carbonyl (C=O) groups is 3. The van der Waals surface area contributed by atoms with Gasteiger partial charge in [0.25, 0.3) is 5.91 Å². The van der Waals surface area contributed by atoms with Gasteiger partial charge in [0.15, 0.2) is 10.9 Å². The number of nitrogens with zero attached hydrogens (tertiary/aromatic N) is 4. The number of ketones is 1. The Bertz CT molecular complexity index is 1180. The van der Waals surface area contributed by atoms with Crippen molar-refractivity contribution < 1.29 is 19.1 Å². The van der Waals surface area contributed by atoms with E-state index in [2.05, 4.69) is 22.2 Å². The number of Topliss-reactive ketones (excluding diaryl/α,β-unsaturated/α-hetero) is 1. The van der Waals surface area contributed by atoms with Gasteiger partial charge in [0.2, 0.25) is 5.91 Å². The van der Waals surface area contributed by atoms with Crippen molar-refractivity contribution in [1.82, 2.24) is 20.1 Å². The number of likely N-dealkylation sites (N-methyl/N-ethyl adjacent to an activating group) is 1. The molecule has 38 heavy (non-hydrogen) atoms. The lowest BCUT2D eigenvalue weighted by molar-refractivity contribution is -0.138. The molecule has 1 aromatic carbocycles. The molecule has 3 fully saturated rings. The summed E-state index contributed by atoms with van der Waals surface area (Å²) in [7, 11) is 2.13. The van der Waals surface area contributed by atoms with Gasteiger partial charge in [-0.25, -0.2) is 4.98 Å². The summed E-state index contributed by atoms with van der Waals surface area (Å²) in [5.74, 6) is -0.599. The fourth-order valence-corrected chi connectivity index (χ4v) is 6.27. The van der Waals surface area contributed by atoms with E-state index in [1.165, 1.54) is 4.90 Å². The maximum absolute atomic E-state index is 13.5. The van der Waals surface area contributed by atoms with Crippen LogP contribution in [-0.4, -0.2) is 103 Å². The Morgan fingerprint density at radius 3 is 2.58 bits per heavy atom. The molecule has 4 atom stereocenters. The lowest BCUT2D eigenvalue weighted by Gasteiger charge is -2.32. The first kappa shape index (κ1) is 26.7. The molecule has 5 rings (SSSR count). The van der Waals surface area contributed by atoms with E-state index in [-0.39, 0.29) is 36.7 Å². The molecular weight excluding hydrogens is 504 g/mol. The molecule has 11 heteroatoms. The van der Waals surface area contributed by atoms with Crippen LogP contribution in [0.15, 0.2) is 29.6 Å². The Kier molecular flexibility index (Phi) is 7.80. The largest absolute Gasteiger partial charge is 0.366 e. The number of thiazole rings is 1. The van der Waals surface area contributed by atoms with Crippen molar-refractivity contribution in [3.05, 3.63) is 35.2 Å². The van der Waals surface area contributed by atoms with Crippen molar-refractivity contribution in [2.24, 2.45) is 11.7 Å². The molecule has 4 heterocycles. The van der Waals surface area contributed by atoms with Crippen molar-refractivity contribution in [2.45, 2.75) is 44.5 Å². The van der Waals surface area contributed by atoms with Crippen LogP contribution >= 0.6 is 11.3 Å². The third kappa shape index (κ3) is 5.47. The van der Waals surface area contributed by atoms with Gasteiger partial charge in [0, 0.05) is 49.2 Å². The number of rotatable bonds is 7. The summed E-state index contributed by atoms with van der Waals surface area (Å²) in [6.07, 6.45) is -0.0220. The molecule has 0 bridgehead atoms. The standard InChI is InChI=1S/C27H36N6O4S/c1-16(2)12-20(26(36)33-13-19(28)24-23(33)22(34)14-37-24)29-25(35)18-6-4-17(5-7-18)21-15-38-27(30-21)32-10-8-31(3)9-11-32/h4-7,15-16,19-20,23-24H,8-14,28H2,1-3H3,(H,29,35)/t19-,20-,23+,24+/m0/s1. The highest BCUT2D eigenvalue weighted by molar-refractivity contribution is 7.14. The molecule has 3 N–H and O–H groups in total. The van der Waals surface area contributed by atoms with Crippen LogP contribution in [0.2, 0.25) is 0 Å². The van der Waals surface area contributed by atoms with Crippen LogP contribution in [0, 0.1) is 5.92 Å². The van der Waals surface area contributed by atoms with Gasteiger partial charge in [0.1, 0.15) is 24.8 Å². The van der Waals surface area contributed by atoms with Crippen LogP contribution in [0.4, 0.5) is 5.13 Å². The predicted molar refractivity (Wildman–Crippen MR) is 146 cm³/mol. The van der Waals surface area contributed by atoms with Gasteiger partial charge in [0.05, 0.1) is 11.7 Å². The van der Waals surface area contributed by atoms with Gasteiger partial charge >= 0.3 is 0 Å². The Hall–Kier alpha value is -2.86. The number of nitrogens with one attached hydrogen (secondary N) is 1. The van der Waals surface area contributed by atoms with E-state index in [1.807, 2.05) is 31.4 Å². The third-order valence-electron chi connectivity index (χ3n) is 7.53. The maximum Gasteiger partial charge on any atom is 0.251 e. The molecule has 0 saturated carbocycles. The molecule has 0 aliphatic carbocycles. The van der Waals surface area contributed by atoms with Crippen LogP contribution < -0.4 is 16.0 Å². The van der Waals surface area contributed by atoms with Crippen LogP contribution in [0.3, 0.4) is 0 Å². The van der Waals surface area contributed by atoms with Crippen LogP contribution in [0.5, 0.6) is 0 Å². The normalized spacial score (nSPS) is 24.7. The highest BCUT2D eigenvalue weighted by Gasteiger charge is 2.52. The van der Waals surface area contributed by atoms with E-state index < -0.39 is 24.2 Å². The van der Waals surface area contributed by atoms with E-state index in [1.54, 1.807) is 23.5 Å². The first-order chi connectivity index (χ1) is 18.2. The maximum atomic E-state index is 13.5. The van der Waals surface area contributed by atoms with Crippen LogP contribution in [-0.2, 0) is 14.3 Å². The molecule has 0 spiro atoms. The summed E-state index contributed by atoms with van der Waals surface area (Å²) < 4.78 is 5.52. The zero-order chi connectivity index (χ0) is 27.0. The van der Waals surface area contributed by atoms with Crippen molar-refractivity contribution in [3.8, 4) is 11.3 Å². The van der Waals surface area contributed by atoms with Gasteiger partial charge in [-0.2, -0.15) is 0 Å². The minimum absolute atomic E-state index is 0.0315. The third-order valence-corrected chi connectivity index (χ3v) is 8.43. The number of ether oxygens (including phenoxy) is 1. The van der Waals surface area contributed by atoms with Gasteiger partial charge in [-0.3, -0.25) is 14.4 Å². The summed E-state index contributed by atoms with van der Waals surface area (Å²) in [5, 5.41) is 5.97. The lowest BCUT2D eigenvalue weighted by atomic mass is 10.0. The molecule has 1 aromatic heterocycles. The summed E-state index contributed by atoms with van der Waals surface area (Å²) in [5.41, 5.74) is 8.42. The molecule has 0 unspecified atom stereocenters. The molecular formula is C27H36N6O4S. The second-order valence-electron chi connectivity index (χ2n) is 10.9. The molecule has 3 aliphatic rings. The Morgan fingerprint density at radius 2 is 1.89 bits per heavy atom. The molecule has 3 aliphatic heterocycles. The number of carbonyl (C=O) groups excluding carboxylic acids is 3. The fraction of sp³-hybridized carbons (Fsp3) is 0.556. The summed E-state index contributed by atoms with van der Waals surface area (Å²) in [4.78, 5) is 50.0. The van der Waals surface area contributed by atoms with Gasteiger partial charge in [-0.15, -0.1) is 11.3 Å². The summed E-state index contributed by atoms with van der Waals surface area (Å²) >= 11 is 1.63. The second kappa shape index (κ2) is 11.1. The topological polar surface area (TPSA) is 121 Å². The number of benzene rings is 1. The number of anilines is 1. The summed E-state index contributed by atoms with van der Waals surface area (Å²) in [6.45, 7) is 8.17. The van der Waals surface area contributed by atoms with E-state index >= 15 is 0 Å². The molecule has 10 nitrogen and oxygen atoms in total. The van der Waals surface area contributed by atoms with Crippen molar-refractivity contribution in [1.29, 1.82) is 0 Å². The molecule has 0 radical (unpaired) electrons. The number of piperazine rings is 1. The average Bonchev–Trinajstić information content (AvgIpc) is 3.62. The number of hydrogen-bond acceptors (Lipinski definition) is 9. The zero-order valence-corrected chi connectivity index (χ0v) is 22.9. The van der Waals surface area contributed by atoms with Crippen molar-refractivity contribution in [2.75, 3.05) is 51.3 Å². The van der Waals surface area contributed by atoms with E-state index in [4.69, 9.17) is 15.5 Å². The number of nitrogens with two attached hydrogens (primary N) is 1. The number of fused-ring (bicyclic) bond motifs is 1. The number of likely N-dealkylation sites (tertiary alicyclic amines) is 1. The predicted octanol–water partition coefficient (Wildman–Crippen LogP) is 1.21. The first-order valence-electron chi connectivity index (χ1n) is 13.2. The van der Waals surface area contributed by atoms with E-state index in [0.29, 0.717) is 12.0 Å². The SMILES string of the molecule is CC(C)C[C@H](NC(=O)c1ccc(-c2csc(N3CCN(C)CC3)n2)cc1)C(=O)N1C[C@H](N)[C@H]2OCC(=O)[C@H]21. The molecule has 2 aromatic rings. The van der Waals surface area contributed by atoms with Gasteiger partial charge in [-0.05, 0) is 31.5 Å². The minimum Gasteiger partial charge on any atom is -0.366 e. The lowest BCUT2D eigenvalue weighted by Crippen LogP contribution is -2.52. The van der Waals surface area contributed by atoms with Gasteiger partial charge < -0.3 is 30.5 Å². The Labute approximate surface area is 227 Å². The highest BCUT2D eigenvalue weighted by Crippen LogP contribution is 2.29. The van der Waals surface area contributed by atoms with E-state index in [0.717, 1.165) is 42.6 Å². The number of aromatic nitrogens is 1. The zero-order valence-electron chi connectivity index (χ0n) is 22.1. The molecule has 2 amide bonds. The van der Waals surface area contributed by atoms with Gasteiger partial charge in [-0.1, -0.05) is 26.0 Å². The van der Waals surface area contributed by atoms with Crippen LogP contribution in [0.25, 0.3) is 11.3 Å². The fourth-order valence-electron chi connectivity index (χ4n) is 5.39. The Balaban J connectivity index is 1.26. The monoisotopic (exact) mass is 540 g/mol. The average molecular weight is 541 g/mol. The van der Waals surface area contributed by atoms with Crippen LogP contribution in [0.1, 0.15) is 30.6 Å². The smallest absolute Gasteiger partial charge is 0.251 e. The highest BCUT2D eigenvalue weighted by atomic mass is 32.1. The second-order valence-corrected chi connectivity index (χ2v) is 11.7. The van der Waals surface area contributed by atoms with Crippen molar-refractivity contribution >= 4 is 34.1 Å². The summed E-state index contributed by atoms with van der Waals surface area (Å²) in [6, 6.07) is 5.44. The molecule has 3 saturated heterocycles. The van der Waals surface area contributed by atoms with Crippen molar-refractivity contribution in [3.63, 3.8) is 0 Å². The van der Waals surface area contributed by atoms with E-state index in [9.17, 15) is 14.4 Å². The number of hydrogen-bond donors (Lipinski definition) is 2. The molecule has 204 valence electrons.